The van der Waals surface area contributed by atoms with Crippen molar-refractivity contribution < 1.29 is 4.79 Å². The maximum Gasteiger partial charge on any atom is 0.242 e. The predicted molar refractivity (Wildman–Crippen MR) is 77.6 cm³/mol. The van der Waals surface area contributed by atoms with E-state index in [4.69, 9.17) is 0 Å². The van der Waals surface area contributed by atoms with Gasteiger partial charge in [0.2, 0.25) is 11.9 Å². The number of hydrogen-bond acceptors (Lipinski definition) is 5. The van der Waals surface area contributed by atoms with Crippen molar-refractivity contribution >= 4 is 11.9 Å². The molecule has 1 atom stereocenters. The van der Waals surface area contributed by atoms with Gasteiger partial charge in [-0.05, 0) is 25.0 Å². The average Bonchev–Trinajstić information content (AvgIpc) is 3.01. The molecule has 0 spiro atoms. The third-order valence-electron chi connectivity index (χ3n) is 3.49. The summed E-state index contributed by atoms with van der Waals surface area (Å²) in [6.45, 7) is 1.93. The number of rotatable bonds is 4. The van der Waals surface area contributed by atoms with Gasteiger partial charge in [-0.2, -0.15) is 5.10 Å². The standard InChI is InChI=1S/C14H18N6O/c21-13(11-20-9-3-7-17-20)18-12-4-1-8-19(10-12)14-15-5-2-6-16-14/h2-3,5-7,9,12H,1,4,8,10-11H2,(H,18,21). The lowest BCUT2D eigenvalue weighted by molar-refractivity contribution is -0.122. The quantitative estimate of drug-likeness (QED) is 0.883. The summed E-state index contributed by atoms with van der Waals surface area (Å²) < 4.78 is 1.62. The van der Waals surface area contributed by atoms with E-state index >= 15 is 0 Å². The van der Waals surface area contributed by atoms with E-state index in [0.717, 1.165) is 31.9 Å². The van der Waals surface area contributed by atoms with Gasteiger partial charge < -0.3 is 10.2 Å². The normalized spacial score (nSPS) is 18.5. The molecule has 1 saturated heterocycles. The van der Waals surface area contributed by atoms with Gasteiger partial charge >= 0.3 is 0 Å². The number of amides is 1. The lowest BCUT2D eigenvalue weighted by Crippen LogP contribution is -2.49. The number of anilines is 1. The largest absolute Gasteiger partial charge is 0.350 e. The minimum absolute atomic E-state index is 0.0143. The molecule has 0 radical (unpaired) electrons. The number of hydrogen-bond donors (Lipinski definition) is 1. The second-order valence-corrected chi connectivity index (χ2v) is 5.11. The first-order valence-corrected chi connectivity index (χ1v) is 7.10. The number of nitrogens with zero attached hydrogens (tertiary/aromatic N) is 5. The zero-order valence-electron chi connectivity index (χ0n) is 11.7. The molecule has 21 heavy (non-hydrogen) atoms. The van der Waals surface area contributed by atoms with Crippen LogP contribution in [0.1, 0.15) is 12.8 Å². The summed E-state index contributed by atoms with van der Waals surface area (Å²) >= 11 is 0. The number of nitrogens with one attached hydrogen (secondary N) is 1. The molecule has 1 N–H and O–H groups in total. The first-order chi connectivity index (χ1) is 10.3. The second-order valence-electron chi connectivity index (χ2n) is 5.11. The summed E-state index contributed by atoms with van der Waals surface area (Å²) in [7, 11) is 0. The van der Waals surface area contributed by atoms with Crippen LogP contribution in [0.2, 0.25) is 0 Å². The maximum atomic E-state index is 12.0. The smallest absolute Gasteiger partial charge is 0.242 e. The molecule has 1 aliphatic rings. The number of carbonyl (C=O) groups is 1. The third kappa shape index (κ3) is 3.56. The van der Waals surface area contributed by atoms with Crippen LogP contribution in [0.3, 0.4) is 0 Å². The molecule has 0 aromatic carbocycles. The second kappa shape index (κ2) is 6.34. The van der Waals surface area contributed by atoms with Gasteiger partial charge in [0.05, 0.1) is 0 Å². The molecular formula is C14H18N6O. The Hall–Kier alpha value is -2.44. The zero-order valence-corrected chi connectivity index (χ0v) is 11.7. The van der Waals surface area contributed by atoms with Crippen molar-refractivity contribution in [3.05, 3.63) is 36.9 Å². The van der Waals surface area contributed by atoms with Crippen LogP contribution >= 0.6 is 0 Å². The van der Waals surface area contributed by atoms with E-state index in [2.05, 4.69) is 25.3 Å². The molecule has 110 valence electrons. The van der Waals surface area contributed by atoms with E-state index < -0.39 is 0 Å². The van der Waals surface area contributed by atoms with E-state index in [1.54, 1.807) is 35.5 Å². The zero-order chi connectivity index (χ0) is 14.5. The lowest BCUT2D eigenvalue weighted by atomic mass is 10.1. The third-order valence-corrected chi connectivity index (χ3v) is 3.49. The fourth-order valence-electron chi connectivity index (χ4n) is 2.55. The molecule has 2 aromatic rings. The van der Waals surface area contributed by atoms with Crippen LogP contribution in [0.5, 0.6) is 0 Å². The van der Waals surface area contributed by atoms with E-state index in [-0.39, 0.29) is 18.5 Å². The van der Waals surface area contributed by atoms with Gasteiger partial charge in [0, 0.05) is 43.9 Å². The summed E-state index contributed by atoms with van der Waals surface area (Å²) in [6, 6.07) is 3.74. The Labute approximate surface area is 123 Å². The van der Waals surface area contributed by atoms with Gasteiger partial charge in [-0.15, -0.1) is 0 Å². The van der Waals surface area contributed by atoms with Gasteiger partial charge in [-0.3, -0.25) is 9.48 Å². The van der Waals surface area contributed by atoms with Gasteiger partial charge in [0.1, 0.15) is 6.54 Å². The molecule has 3 rings (SSSR count). The molecule has 7 nitrogen and oxygen atoms in total. The van der Waals surface area contributed by atoms with Crippen molar-refractivity contribution in [3.63, 3.8) is 0 Å². The molecule has 1 unspecified atom stereocenters. The summed E-state index contributed by atoms with van der Waals surface area (Å²) in [5, 5.41) is 7.10. The first kappa shape index (κ1) is 13.5. The Morgan fingerprint density at radius 1 is 1.29 bits per heavy atom. The summed E-state index contributed by atoms with van der Waals surface area (Å²) in [6.07, 6.45) is 8.93. The number of piperidine rings is 1. The van der Waals surface area contributed by atoms with Crippen LogP contribution in [0.15, 0.2) is 36.9 Å². The Bertz CT molecular complexity index is 570. The van der Waals surface area contributed by atoms with Gasteiger partial charge in [0.15, 0.2) is 0 Å². The van der Waals surface area contributed by atoms with Crippen molar-refractivity contribution in [1.82, 2.24) is 25.1 Å². The molecule has 0 aliphatic carbocycles. The molecular weight excluding hydrogens is 268 g/mol. The number of aromatic nitrogens is 4. The highest BCUT2D eigenvalue weighted by Crippen LogP contribution is 2.15. The Morgan fingerprint density at radius 3 is 2.90 bits per heavy atom. The maximum absolute atomic E-state index is 12.0. The van der Waals surface area contributed by atoms with E-state index in [1.165, 1.54) is 0 Å². The fourth-order valence-corrected chi connectivity index (χ4v) is 2.55. The van der Waals surface area contributed by atoms with Crippen molar-refractivity contribution in [3.8, 4) is 0 Å². The van der Waals surface area contributed by atoms with Gasteiger partial charge in [0.25, 0.3) is 0 Å². The fraction of sp³-hybridized carbons (Fsp3) is 0.429. The number of carbonyl (C=O) groups excluding carboxylic acids is 1. The van der Waals surface area contributed by atoms with E-state index in [9.17, 15) is 4.79 Å². The van der Waals surface area contributed by atoms with Crippen molar-refractivity contribution in [2.75, 3.05) is 18.0 Å². The Kier molecular flexibility index (Phi) is 4.09. The van der Waals surface area contributed by atoms with Crippen molar-refractivity contribution in [1.29, 1.82) is 0 Å². The molecule has 7 heteroatoms. The molecule has 0 saturated carbocycles. The van der Waals surface area contributed by atoms with Crippen LogP contribution in [0.25, 0.3) is 0 Å². The molecule has 2 aromatic heterocycles. The minimum Gasteiger partial charge on any atom is -0.350 e. The van der Waals surface area contributed by atoms with Crippen LogP contribution in [0, 0.1) is 0 Å². The van der Waals surface area contributed by atoms with Gasteiger partial charge in [-0.1, -0.05) is 0 Å². The van der Waals surface area contributed by atoms with Crippen LogP contribution < -0.4 is 10.2 Å². The minimum atomic E-state index is -0.0143. The topological polar surface area (TPSA) is 75.9 Å². The van der Waals surface area contributed by atoms with Crippen LogP contribution in [0.4, 0.5) is 5.95 Å². The first-order valence-electron chi connectivity index (χ1n) is 7.10. The van der Waals surface area contributed by atoms with Crippen LogP contribution in [-0.4, -0.2) is 44.8 Å². The lowest BCUT2D eigenvalue weighted by Gasteiger charge is -2.33. The van der Waals surface area contributed by atoms with Crippen molar-refractivity contribution in [2.24, 2.45) is 0 Å². The highest BCUT2D eigenvalue weighted by molar-refractivity contribution is 5.76. The predicted octanol–water partition coefficient (Wildman–Crippen LogP) is 0.458. The molecule has 3 heterocycles. The Balaban J connectivity index is 1.55. The van der Waals surface area contributed by atoms with Crippen molar-refractivity contribution in [2.45, 2.75) is 25.4 Å². The van der Waals surface area contributed by atoms with Gasteiger partial charge in [-0.25, -0.2) is 9.97 Å². The molecule has 1 amide bonds. The summed E-state index contributed by atoms with van der Waals surface area (Å²) in [5.41, 5.74) is 0. The van der Waals surface area contributed by atoms with Crippen LogP contribution in [-0.2, 0) is 11.3 Å². The SMILES string of the molecule is O=C(Cn1cccn1)NC1CCCN(c2ncccn2)C1. The highest BCUT2D eigenvalue weighted by atomic mass is 16.2. The monoisotopic (exact) mass is 286 g/mol. The highest BCUT2D eigenvalue weighted by Gasteiger charge is 2.22. The molecule has 1 aliphatic heterocycles. The average molecular weight is 286 g/mol. The summed E-state index contributed by atoms with van der Waals surface area (Å²) in [4.78, 5) is 22.6. The summed E-state index contributed by atoms with van der Waals surface area (Å²) in [5.74, 6) is 0.711. The van der Waals surface area contributed by atoms with E-state index in [0.29, 0.717) is 0 Å². The molecule has 0 bridgehead atoms. The Morgan fingerprint density at radius 2 is 2.14 bits per heavy atom. The molecule has 1 fully saturated rings. The van der Waals surface area contributed by atoms with E-state index in [1.807, 2.05) is 6.07 Å².